The monoisotopic (exact) mass is 251 g/mol. The molecular weight excluding hydrogens is 226 g/mol. The van der Waals surface area contributed by atoms with Crippen LogP contribution < -0.4 is 10.1 Å². The van der Waals surface area contributed by atoms with E-state index in [1.807, 2.05) is 38.1 Å². The fraction of sp³-hybridized carbons (Fsp3) is 0.600. The van der Waals surface area contributed by atoms with Crippen molar-refractivity contribution < 1.29 is 9.84 Å². The lowest BCUT2D eigenvalue weighted by molar-refractivity contribution is 0.0457. The van der Waals surface area contributed by atoms with Gasteiger partial charge in [-0.25, -0.2) is 0 Å². The van der Waals surface area contributed by atoms with E-state index in [-0.39, 0.29) is 0 Å². The van der Waals surface area contributed by atoms with E-state index in [4.69, 9.17) is 4.74 Å². The van der Waals surface area contributed by atoms with Crippen molar-refractivity contribution in [3.05, 3.63) is 24.3 Å². The predicted molar refractivity (Wildman–Crippen MR) is 76.2 cm³/mol. The van der Waals surface area contributed by atoms with Gasteiger partial charge in [0.05, 0.1) is 12.2 Å². The summed E-state index contributed by atoms with van der Waals surface area (Å²) in [4.78, 5) is 0. The molecular formula is C15H25NO2. The van der Waals surface area contributed by atoms with Gasteiger partial charge >= 0.3 is 0 Å². The zero-order valence-corrected chi connectivity index (χ0v) is 11.7. The van der Waals surface area contributed by atoms with Crippen LogP contribution in [0.2, 0.25) is 0 Å². The van der Waals surface area contributed by atoms with Crippen LogP contribution in [0.5, 0.6) is 5.75 Å². The number of benzene rings is 1. The Morgan fingerprint density at radius 1 is 1.11 bits per heavy atom. The van der Waals surface area contributed by atoms with Crippen molar-refractivity contribution in [2.24, 2.45) is 0 Å². The van der Waals surface area contributed by atoms with Crippen molar-refractivity contribution in [1.82, 2.24) is 0 Å². The third kappa shape index (κ3) is 4.57. The zero-order valence-electron chi connectivity index (χ0n) is 11.7. The molecule has 3 heteroatoms. The molecule has 0 aliphatic heterocycles. The fourth-order valence-corrected chi connectivity index (χ4v) is 1.66. The van der Waals surface area contributed by atoms with Gasteiger partial charge in [-0.15, -0.1) is 0 Å². The number of rotatable bonds is 8. The molecule has 0 aliphatic carbocycles. The minimum absolute atomic E-state index is 0.579. The third-order valence-electron chi connectivity index (χ3n) is 3.26. The average Bonchev–Trinajstić information content (AvgIpc) is 2.43. The summed E-state index contributed by atoms with van der Waals surface area (Å²) in [7, 11) is 0. The Labute approximate surface area is 110 Å². The van der Waals surface area contributed by atoms with E-state index in [0.29, 0.717) is 6.54 Å². The van der Waals surface area contributed by atoms with Crippen LogP contribution in [0.1, 0.15) is 40.0 Å². The third-order valence-corrected chi connectivity index (χ3v) is 3.26. The molecule has 0 saturated heterocycles. The molecule has 0 fully saturated rings. The van der Waals surface area contributed by atoms with E-state index >= 15 is 0 Å². The molecule has 1 rings (SSSR count). The minimum Gasteiger partial charge on any atom is -0.494 e. The van der Waals surface area contributed by atoms with E-state index in [1.165, 1.54) is 0 Å². The Morgan fingerprint density at radius 3 is 2.22 bits per heavy atom. The smallest absolute Gasteiger partial charge is 0.119 e. The van der Waals surface area contributed by atoms with Crippen LogP contribution in [0.25, 0.3) is 0 Å². The molecule has 102 valence electrons. The summed E-state index contributed by atoms with van der Waals surface area (Å²) in [5, 5.41) is 13.4. The summed E-state index contributed by atoms with van der Waals surface area (Å²) < 4.78 is 5.52. The number of nitrogens with one attached hydrogen (secondary N) is 1. The molecule has 18 heavy (non-hydrogen) atoms. The molecule has 1 aromatic rings. The lowest BCUT2D eigenvalue weighted by Gasteiger charge is -2.26. The second kappa shape index (κ2) is 7.27. The Hall–Kier alpha value is -1.22. The van der Waals surface area contributed by atoms with Crippen molar-refractivity contribution in [3.8, 4) is 5.75 Å². The first-order valence-corrected chi connectivity index (χ1v) is 6.82. The van der Waals surface area contributed by atoms with Gasteiger partial charge in [-0.3, -0.25) is 0 Å². The highest BCUT2D eigenvalue weighted by Crippen LogP contribution is 2.19. The van der Waals surface area contributed by atoms with Crippen molar-refractivity contribution in [1.29, 1.82) is 0 Å². The maximum atomic E-state index is 10.2. The van der Waals surface area contributed by atoms with Gasteiger partial charge in [0.25, 0.3) is 0 Å². The number of hydrogen-bond acceptors (Lipinski definition) is 3. The first-order chi connectivity index (χ1) is 8.63. The van der Waals surface area contributed by atoms with Crippen LogP contribution in [0.4, 0.5) is 5.69 Å². The van der Waals surface area contributed by atoms with Crippen molar-refractivity contribution >= 4 is 5.69 Å². The lowest BCUT2D eigenvalue weighted by Crippen LogP contribution is -2.35. The summed E-state index contributed by atoms with van der Waals surface area (Å²) in [5.74, 6) is 0.892. The maximum Gasteiger partial charge on any atom is 0.119 e. The largest absolute Gasteiger partial charge is 0.494 e. The zero-order chi connectivity index (χ0) is 13.4. The fourth-order valence-electron chi connectivity index (χ4n) is 1.66. The quantitative estimate of drug-likeness (QED) is 0.743. The molecule has 0 atom stereocenters. The SMILES string of the molecule is CCCOc1ccc(NCC(O)(CC)CC)cc1. The average molecular weight is 251 g/mol. The molecule has 2 N–H and O–H groups in total. The van der Waals surface area contributed by atoms with Gasteiger partial charge in [0.15, 0.2) is 0 Å². The summed E-state index contributed by atoms with van der Waals surface area (Å²) in [6, 6.07) is 7.87. The second-order valence-electron chi connectivity index (χ2n) is 4.66. The van der Waals surface area contributed by atoms with E-state index in [0.717, 1.165) is 37.3 Å². The number of ether oxygens (including phenoxy) is 1. The maximum absolute atomic E-state index is 10.2. The summed E-state index contributed by atoms with van der Waals surface area (Å²) in [6.45, 7) is 7.43. The van der Waals surface area contributed by atoms with Crippen LogP contribution in [0.15, 0.2) is 24.3 Å². The molecule has 0 radical (unpaired) electrons. The summed E-state index contributed by atoms with van der Waals surface area (Å²) >= 11 is 0. The van der Waals surface area contributed by atoms with E-state index < -0.39 is 5.60 Å². The molecule has 0 amide bonds. The standard InChI is InChI=1S/C15H25NO2/c1-4-11-18-14-9-7-13(8-10-14)16-12-15(17,5-2)6-3/h7-10,16-17H,4-6,11-12H2,1-3H3. The first-order valence-electron chi connectivity index (χ1n) is 6.82. The van der Waals surface area contributed by atoms with Gasteiger partial charge in [-0.05, 0) is 43.5 Å². The number of aliphatic hydroxyl groups is 1. The van der Waals surface area contributed by atoms with Crippen LogP contribution in [-0.2, 0) is 0 Å². The van der Waals surface area contributed by atoms with Crippen LogP contribution in [-0.4, -0.2) is 23.9 Å². The molecule has 0 spiro atoms. The van der Waals surface area contributed by atoms with Gasteiger partial charge in [-0.1, -0.05) is 20.8 Å². The predicted octanol–water partition coefficient (Wildman–Crippen LogP) is 3.44. The van der Waals surface area contributed by atoms with Gasteiger partial charge in [0.1, 0.15) is 5.75 Å². The van der Waals surface area contributed by atoms with Gasteiger partial charge in [0, 0.05) is 12.2 Å². The number of anilines is 1. The molecule has 0 aliphatic rings. The second-order valence-corrected chi connectivity index (χ2v) is 4.66. The van der Waals surface area contributed by atoms with Crippen molar-refractivity contribution in [2.75, 3.05) is 18.5 Å². The van der Waals surface area contributed by atoms with Gasteiger partial charge in [0.2, 0.25) is 0 Å². The van der Waals surface area contributed by atoms with Gasteiger partial charge in [-0.2, -0.15) is 0 Å². The molecule has 0 bridgehead atoms. The summed E-state index contributed by atoms with van der Waals surface area (Å²) in [5.41, 5.74) is 0.399. The highest BCUT2D eigenvalue weighted by atomic mass is 16.5. The first kappa shape index (κ1) is 14.8. The topological polar surface area (TPSA) is 41.5 Å². The Balaban J connectivity index is 2.48. The van der Waals surface area contributed by atoms with E-state index in [9.17, 15) is 5.11 Å². The molecule has 3 nitrogen and oxygen atoms in total. The highest BCUT2D eigenvalue weighted by Gasteiger charge is 2.21. The molecule has 0 unspecified atom stereocenters. The van der Waals surface area contributed by atoms with E-state index in [2.05, 4.69) is 12.2 Å². The Kier molecular flexibility index (Phi) is 5.99. The molecule has 0 saturated carbocycles. The Bertz CT molecular complexity index is 331. The van der Waals surface area contributed by atoms with Crippen LogP contribution in [0, 0.1) is 0 Å². The van der Waals surface area contributed by atoms with Crippen molar-refractivity contribution in [2.45, 2.75) is 45.6 Å². The van der Waals surface area contributed by atoms with Crippen molar-refractivity contribution in [3.63, 3.8) is 0 Å². The lowest BCUT2D eigenvalue weighted by atomic mass is 9.97. The minimum atomic E-state index is -0.614. The summed E-state index contributed by atoms with van der Waals surface area (Å²) in [6.07, 6.45) is 2.53. The number of hydrogen-bond donors (Lipinski definition) is 2. The van der Waals surface area contributed by atoms with Crippen LogP contribution in [0.3, 0.4) is 0 Å². The molecule has 1 aromatic carbocycles. The van der Waals surface area contributed by atoms with Crippen LogP contribution >= 0.6 is 0 Å². The van der Waals surface area contributed by atoms with Gasteiger partial charge < -0.3 is 15.2 Å². The highest BCUT2D eigenvalue weighted by molar-refractivity contribution is 5.46. The Morgan fingerprint density at radius 2 is 1.72 bits per heavy atom. The molecule has 0 aromatic heterocycles. The normalized spacial score (nSPS) is 11.3. The van der Waals surface area contributed by atoms with E-state index in [1.54, 1.807) is 0 Å². The molecule has 0 heterocycles.